The van der Waals surface area contributed by atoms with Gasteiger partial charge in [0.25, 0.3) is 0 Å². The summed E-state index contributed by atoms with van der Waals surface area (Å²) < 4.78 is 13.5. The highest BCUT2D eigenvalue weighted by atomic mass is 32.2. The second-order valence-electron chi connectivity index (χ2n) is 6.29. The molecule has 1 amide bonds. The molecule has 5 heteroatoms. The van der Waals surface area contributed by atoms with Crippen molar-refractivity contribution < 1.29 is 9.18 Å². The van der Waals surface area contributed by atoms with Gasteiger partial charge in [-0.1, -0.05) is 6.07 Å². The Morgan fingerprint density at radius 1 is 1.50 bits per heavy atom. The number of carbonyl (C=O) groups excluding carboxylic acids is 1. The summed E-state index contributed by atoms with van der Waals surface area (Å²) in [6.07, 6.45) is 1.98. The van der Waals surface area contributed by atoms with Crippen LogP contribution >= 0.6 is 11.8 Å². The van der Waals surface area contributed by atoms with E-state index >= 15 is 0 Å². The Balaban J connectivity index is 1.68. The van der Waals surface area contributed by atoms with Crippen LogP contribution in [0.15, 0.2) is 18.2 Å². The molecule has 3 rings (SSSR count). The first-order valence-electron chi connectivity index (χ1n) is 7.92. The summed E-state index contributed by atoms with van der Waals surface area (Å²) >= 11 is 1.96. The van der Waals surface area contributed by atoms with Crippen LogP contribution in [0.5, 0.6) is 0 Å². The quantitative estimate of drug-likeness (QED) is 0.855. The topological polar surface area (TPSA) is 23.6 Å². The molecule has 0 unspecified atom stereocenters. The number of rotatable bonds is 3. The Labute approximate surface area is 135 Å². The summed E-state index contributed by atoms with van der Waals surface area (Å²) in [7, 11) is 2.04. The molecule has 22 heavy (non-hydrogen) atoms. The molecule has 1 fully saturated rings. The average molecular weight is 322 g/mol. The number of nitrogens with zero attached hydrogens (tertiary/aromatic N) is 2. The van der Waals surface area contributed by atoms with Gasteiger partial charge in [-0.15, -0.1) is 0 Å². The van der Waals surface area contributed by atoms with E-state index in [4.69, 9.17) is 0 Å². The standard InChI is InChI=1S/C17H23FN2OS/c1-12-16-9-14(18)4-3-13(16)5-7-20(12)17(21)10-19(2)15-6-8-22-11-15/h3-4,9,12,15H,5-8,10-11H2,1-2H3/t12-,15-/m1/s1. The molecule has 0 N–H and O–H groups in total. The smallest absolute Gasteiger partial charge is 0.237 e. The van der Waals surface area contributed by atoms with Crippen molar-refractivity contribution in [1.82, 2.24) is 9.80 Å². The highest BCUT2D eigenvalue weighted by Gasteiger charge is 2.30. The van der Waals surface area contributed by atoms with E-state index in [-0.39, 0.29) is 17.8 Å². The fraction of sp³-hybridized carbons (Fsp3) is 0.588. The van der Waals surface area contributed by atoms with Crippen molar-refractivity contribution in [3.8, 4) is 0 Å². The summed E-state index contributed by atoms with van der Waals surface area (Å²) in [5, 5.41) is 0. The van der Waals surface area contributed by atoms with E-state index in [0.29, 0.717) is 12.6 Å². The lowest BCUT2D eigenvalue weighted by molar-refractivity contribution is -0.135. The summed E-state index contributed by atoms with van der Waals surface area (Å²) in [5.41, 5.74) is 2.12. The maximum absolute atomic E-state index is 13.5. The van der Waals surface area contributed by atoms with Crippen LogP contribution in [-0.4, -0.2) is 53.4 Å². The summed E-state index contributed by atoms with van der Waals surface area (Å²) in [4.78, 5) is 16.7. The van der Waals surface area contributed by atoms with Crippen LogP contribution in [0.25, 0.3) is 0 Å². The molecule has 0 bridgehead atoms. The maximum Gasteiger partial charge on any atom is 0.237 e. The fourth-order valence-electron chi connectivity index (χ4n) is 3.43. The van der Waals surface area contributed by atoms with Gasteiger partial charge in [-0.05, 0) is 55.8 Å². The van der Waals surface area contributed by atoms with Crippen LogP contribution in [0.1, 0.15) is 30.5 Å². The van der Waals surface area contributed by atoms with E-state index in [1.165, 1.54) is 17.4 Å². The van der Waals surface area contributed by atoms with Gasteiger partial charge in [-0.25, -0.2) is 4.39 Å². The minimum atomic E-state index is -0.222. The van der Waals surface area contributed by atoms with Gasteiger partial charge in [0.1, 0.15) is 5.82 Å². The number of amides is 1. The van der Waals surface area contributed by atoms with Gasteiger partial charge in [0.15, 0.2) is 0 Å². The Hall–Kier alpha value is -1.07. The highest BCUT2D eigenvalue weighted by Crippen LogP contribution is 2.30. The third kappa shape index (κ3) is 3.15. The van der Waals surface area contributed by atoms with Gasteiger partial charge in [0, 0.05) is 18.3 Å². The SMILES string of the molecule is C[C@@H]1c2cc(F)ccc2CCN1C(=O)CN(C)[C@@H]1CCSC1. The van der Waals surface area contributed by atoms with Gasteiger partial charge in [-0.2, -0.15) is 11.8 Å². The van der Waals surface area contributed by atoms with Crippen LogP contribution in [-0.2, 0) is 11.2 Å². The lowest BCUT2D eigenvalue weighted by atomic mass is 9.93. The number of hydrogen-bond donors (Lipinski definition) is 0. The first kappa shape index (κ1) is 15.8. The van der Waals surface area contributed by atoms with Crippen LogP contribution < -0.4 is 0 Å². The summed E-state index contributed by atoms with van der Waals surface area (Å²) in [6.45, 7) is 3.19. The van der Waals surface area contributed by atoms with Crippen LogP contribution in [0, 0.1) is 5.82 Å². The summed E-state index contributed by atoms with van der Waals surface area (Å²) in [6, 6.07) is 5.41. The van der Waals surface area contributed by atoms with Gasteiger partial charge >= 0.3 is 0 Å². The molecule has 1 aromatic carbocycles. The second kappa shape index (κ2) is 6.59. The lowest BCUT2D eigenvalue weighted by Crippen LogP contribution is -2.46. The van der Waals surface area contributed by atoms with Gasteiger partial charge in [0.2, 0.25) is 5.91 Å². The van der Waals surface area contributed by atoms with Crippen molar-refractivity contribution >= 4 is 17.7 Å². The fourth-order valence-corrected chi connectivity index (χ4v) is 4.73. The number of fused-ring (bicyclic) bond motifs is 1. The number of carbonyl (C=O) groups is 1. The third-order valence-corrected chi connectivity index (χ3v) is 6.03. The van der Waals surface area contributed by atoms with E-state index < -0.39 is 0 Å². The van der Waals surface area contributed by atoms with Crippen LogP contribution in [0.2, 0.25) is 0 Å². The third-order valence-electron chi connectivity index (χ3n) is 4.88. The van der Waals surface area contributed by atoms with Crippen molar-refractivity contribution in [2.75, 3.05) is 31.6 Å². The number of benzene rings is 1. The Morgan fingerprint density at radius 3 is 3.05 bits per heavy atom. The first-order valence-corrected chi connectivity index (χ1v) is 9.07. The van der Waals surface area contributed by atoms with Gasteiger partial charge in [0.05, 0.1) is 12.6 Å². The molecule has 0 saturated carbocycles. The van der Waals surface area contributed by atoms with Crippen molar-refractivity contribution in [2.24, 2.45) is 0 Å². The molecular weight excluding hydrogens is 299 g/mol. The minimum Gasteiger partial charge on any atom is -0.334 e. The van der Waals surface area contributed by atoms with Crippen LogP contribution in [0.3, 0.4) is 0 Å². The molecule has 0 aliphatic carbocycles. The van der Waals surface area contributed by atoms with E-state index in [1.54, 1.807) is 6.07 Å². The Bertz CT molecular complexity index is 560. The number of thioether (sulfide) groups is 1. The van der Waals surface area contributed by atoms with E-state index in [0.717, 1.165) is 30.7 Å². The van der Waals surface area contributed by atoms with Gasteiger partial charge in [-0.3, -0.25) is 9.69 Å². The summed E-state index contributed by atoms with van der Waals surface area (Å²) in [5.74, 6) is 2.24. The molecular formula is C17H23FN2OS. The monoisotopic (exact) mass is 322 g/mol. The second-order valence-corrected chi connectivity index (χ2v) is 7.44. The number of halogens is 1. The number of hydrogen-bond acceptors (Lipinski definition) is 3. The molecule has 120 valence electrons. The van der Waals surface area contributed by atoms with E-state index in [2.05, 4.69) is 4.90 Å². The molecule has 3 nitrogen and oxygen atoms in total. The molecule has 2 heterocycles. The average Bonchev–Trinajstić information content (AvgIpc) is 3.02. The predicted molar refractivity (Wildman–Crippen MR) is 88.6 cm³/mol. The first-order chi connectivity index (χ1) is 10.6. The predicted octanol–water partition coefficient (Wildman–Crippen LogP) is 2.71. The molecule has 2 aliphatic rings. The van der Waals surface area contributed by atoms with Crippen molar-refractivity contribution in [2.45, 2.75) is 31.8 Å². The zero-order chi connectivity index (χ0) is 15.7. The van der Waals surface area contributed by atoms with Crippen molar-refractivity contribution in [3.63, 3.8) is 0 Å². The molecule has 0 radical (unpaired) electrons. The van der Waals surface area contributed by atoms with Crippen molar-refractivity contribution in [1.29, 1.82) is 0 Å². The zero-order valence-corrected chi connectivity index (χ0v) is 14.0. The van der Waals surface area contributed by atoms with E-state index in [9.17, 15) is 9.18 Å². The molecule has 2 atom stereocenters. The Morgan fingerprint density at radius 2 is 2.32 bits per heavy atom. The maximum atomic E-state index is 13.5. The molecule has 1 saturated heterocycles. The normalized spacial score (nSPS) is 24.6. The lowest BCUT2D eigenvalue weighted by Gasteiger charge is -2.37. The largest absolute Gasteiger partial charge is 0.334 e. The molecule has 2 aliphatic heterocycles. The molecule has 0 spiro atoms. The molecule has 0 aromatic heterocycles. The number of likely N-dealkylation sites (N-methyl/N-ethyl adjacent to an activating group) is 1. The molecule has 1 aromatic rings. The minimum absolute atomic E-state index is 0.0432. The Kier molecular flexibility index (Phi) is 4.73. The highest BCUT2D eigenvalue weighted by molar-refractivity contribution is 7.99. The van der Waals surface area contributed by atoms with Gasteiger partial charge < -0.3 is 4.90 Å². The van der Waals surface area contributed by atoms with Crippen molar-refractivity contribution in [3.05, 3.63) is 35.1 Å². The van der Waals surface area contributed by atoms with E-state index in [1.807, 2.05) is 36.7 Å². The van der Waals surface area contributed by atoms with Crippen LogP contribution in [0.4, 0.5) is 4.39 Å². The zero-order valence-electron chi connectivity index (χ0n) is 13.2.